The van der Waals surface area contributed by atoms with Crippen molar-refractivity contribution < 1.29 is 4.74 Å². The van der Waals surface area contributed by atoms with Gasteiger partial charge in [0.1, 0.15) is 6.61 Å². The SMILES string of the molecule is C1=CCCC(COc2ccccn2)=C1. The molecule has 1 aromatic heterocycles. The van der Waals surface area contributed by atoms with E-state index in [0.29, 0.717) is 12.5 Å². The van der Waals surface area contributed by atoms with Gasteiger partial charge in [0, 0.05) is 12.3 Å². The van der Waals surface area contributed by atoms with Crippen LogP contribution >= 0.6 is 0 Å². The van der Waals surface area contributed by atoms with Crippen molar-refractivity contribution in [1.82, 2.24) is 4.98 Å². The first-order valence-corrected chi connectivity index (χ1v) is 4.83. The minimum Gasteiger partial charge on any atom is -0.473 e. The molecule has 0 amide bonds. The average molecular weight is 187 g/mol. The Kier molecular flexibility index (Phi) is 2.96. The molecular weight excluding hydrogens is 174 g/mol. The molecule has 0 unspecified atom stereocenters. The first-order chi connectivity index (χ1) is 6.95. The van der Waals surface area contributed by atoms with Gasteiger partial charge in [-0.3, -0.25) is 0 Å². The summed E-state index contributed by atoms with van der Waals surface area (Å²) in [5.74, 6) is 0.697. The molecule has 0 fully saturated rings. The van der Waals surface area contributed by atoms with Crippen molar-refractivity contribution in [2.24, 2.45) is 0 Å². The van der Waals surface area contributed by atoms with Crippen LogP contribution in [0.1, 0.15) is 12.8 Å². The van der Waals surface area contributed by atoms with Crippen LogP contribution in [-0.2, 0) is 0 Å². The van der Waals surface area contributed by atoms with Crippen molar-refractivity contribution >= 4 is 0 Å². The first kappa shape index (κ1) is 9.00. The van der Waals surface area contributed by atoms with E-state index in [9.17, 15) is 0 Å². The number of nitrogens with zero attached hydrogens (tertiary/aromatic N) is 1. The maximum absolute atomic E-state index is 5.53. The summed E-state index contributed by atoms with van der Waals surface area (Å²) in [5.41, 5.74) is 1.33. The standard InChI is InChI=1S/C12H13NO/c1-2-6-11(7-3-1)10-14-12-8-4-5-9-13-12/h1-2,4-6,8-9H,3,7,10H2. The second-order valence-electron chi connectivity index (χ2n) is 3.25. The fourth-order valence-electron chi connectivity index (χ4n) is 1.37. The summed E-state index contributed by atoms with van der Waals surface area (Å²) >= 11 is 0. The van der Waals surface area contributed by atoms with Crippen molar-refractivity contribution in [3.8, 4) is 5.88 Å². The van der Waals surface area contributed by atoms with Crippen LogP contribution in [-0.4, -0.2) is 11.6 Å². The molecule has 0 N–H and O–H groups in total. The lowest BCUT2D eigenvalue weighted by Crippen LogP contribution is -2.03. The van der Waals surface area contributed by atoms with E-state index >= 15 is 0 Å². The average Bonchev–Trinajstić information content (AvgIpc) is 2.29. The Labute approximate surface area is 83.9 Å². The van der Waals surface area contributed by atoms with Crippen LogP contribution in [0.15, 0.2) is 48.2 Å². The van der Waals surface area contributed by atoms with Crippen molar-refractivity contribution in [1.29, 1.82) is 0 Å². The molecule has 2 heteroatoms. The quantitative estimate of drug-likeness (QED) is 0.725. The van der Waals surface area contributed by atoms with Gasteiger partial charge in [-0.05, 0) is 24.5 Å². The Morgan fingerprint density at radius 2 is 2.36 bits per heavy atom. The lowest BCUT2D eigenvalue weighted by Gasteiger charge is -2.09. The number of allylic oxidation sites excluding steroid dienone is 3. The molecule has 0 bridgehead atoms. The normalized spacial score (nSPS) is 15.0. The zero-order valence-corrected chi connectivity index (χ0v) is 8.02. The molecule has 72 valence electrons. The summed E-state index contributed by atoms with van der Waals surface area (Å²) in [6.45, 7) is 0.654. The van der Waals surface area contributed by atoms with E-state index in [1.807, 2.05) is 18.2 Å². The van der Waals surface area contributed by atoms with Gasteiger partial charge in [0.15, 0.2) is 0 Å². The van der Waals surface area contributed by atoms with Crippen molar-refractivity contribution in [2.75, 3.05) is 6.61 Å². The maximum atomic E-state index is 5.53. The fourth-order valence-corrected chi connectivity index (χ4v) is 1.37. The Morgan fingerprint density at radius 3 is 3.07 bits per heavy atom. The number of rotatable bonds is 3. The van der Waals surface area contributed by atoms with Gasteiger partial charge >= 0.3 is 0 Å². The predicted octanol–water partition coefficient (Wildman–Crippen LogP) is 2.74. The minimum atomic E-state index is 0.654. The second-order valence-corrected chi connectivity index (χ2v) is 3.25. The van der Waals surface area contributed by atoms with E-state index in [-0.39, 0.29) is 0 Å². The van der Waals surface area contributed by atoms with Gasteiger partial charge in [-0.15, -0.1) is 0 Å². The van der Waals surface area contributed by atoms with Gasteiger partial charge in [-0.25, -0.2) is 4.98 Å². The molecule has 0 radical (unpaired) electrons. The van der Waals surface area contributed by atoms with E-state index in [0.717, 1.165) is 12.8 Å². The number of pyridine rings is 1. The van der Waals surface area contributed by atoms with Crippen molar-refractivity contribution in [3.05, 3.63) is 48.2 Å². The smallest absolute Gasteiger partial charge is 0.213 e. The Hall–Kier alpha value is -1.57. The van der Waals surface area contributed by atoms with Crippen LogP contribution in [0.4, 0.5) is 0 Å². The third-order valence-corrected chi connectivity index (χ3v) is 2.14. The molecule has 14 heavy (non-hydrogen) atoms. The Balaban J connectivity index is 1.88. The fraction of sp³-hybridized carbons (Fsp3) is 0.250. The van der Waals surface area contributed by atoms with Gasteiger partial charge in [0.25, 0.3) is 0 Å². The third-order valence-electron chi connectivity index (χ3n) is 2.14. The van der Waals surface area contributed by atoms with Crippen LogP contribution < -0.4 is 4.74 Å². The monoisotopic (exact) mass is 187 g/mol. The Morgan fingerprint density at radius 1 is 1.36 bits per heavy atom. The molecule has 1 aromatic rings. The summed E-state index contributed by atoms with van der Waals surface area (Å²) in [7, 11) is 0. The largest absolute Gasteiger partial charge is 0.473 e. The van der Waals surface area contributed by atoms with E-state index in [4.69, 9.17) is 4.74 Å². The molecule has 0 saturated heterocycles. The maximum Gasteiger partial charge on any atom is 0.213 e. The molecule has 1 heterocycles. The predicted molar refractivity (Wildman–Crippen MR) is 56.2 cm³/mol. The molecule has 0 atom stereocenters. The van der Waals surface area contributed by atoms with Gasteiger partial charge in [0.05, 0.1) is 0 Å². The molecule has 2 nitrogen and oxygen atoms in total. The summed E-state index contributed by atoms with van der Waals surface area (Å²) in [6, 6.07) is 5.69. The van der Waals surface area contributed by atoms with E-state index in [2.05, 4.69) is 23.2 Å². The first-order valence-electron chi connectivity index (χ1n) is 4.83. The molecular formula is C12H13NO. The highest BCUT2D eigenvalue weighted by Gasteiger charge is 2.00. The summed E-state index contributed by atoms with van der Waals surface area (Å²) < 4.78 is 5.53. The van der Waals surface area contributed by atoms with E-state index < -0.39 is 0 Å². The third kappa shape index (κ3) is 2.46. The second kappa shape index (κ2) is 4.61. The highest BCUT2D eigenvalue weighted by Crippen LogP contribution is 2.13. The van der Waals surface area contributed by atoms with Crippen LogP contribution in [0, 0.1) is 0 Å². The minimum absolute atomic E-state index is 0.654. The topological polar surface area (TPSA) is 22.1 Å². The van der Waals surface area contributed by atoms with Gasteiger partial charge in [-0.1, -0.05) is 24.3 Å². The van der Waals surface area contributed by atoms with Crippen LogP contribution in [0.25, 0.3) is 0 Å². The summed E-state index contributed by atoms with van der Waals surface area (Å²) in [4.78, 5) is 4.10. The number of hydrogen-bond acceptors (Lipinski definition) is 2. The molecule has 1 aliphatic carbocycles. The van der Waals surface area contributed by atoms with Crippen LogP contribution in [0.5, 0.6) is 5.88 Å². The van der Waals surface area contributed by atoms with Gasteiger partial charge in [-0.2, -0.15) is 0 Å². The van der Waals surface area contributed by atoms with Crippen molar-refractivity contribution in [3.63, 3.8) is 0 Å². The lowest BCUT2D eigenvalue weighted by molar-refractivity contribution is 0.334. The van der Waals surface area contributed by atoms with E-state index in [1.54, 1.807) is 6.20 Å². The summed E-state index contributed by atoms with van der Waals surface area (Å²) in [5, 5.41) is 0. The molecule has 1 aliphatic rings. The molecule has 0 aromatic carbocycles. The zero-order chi connectivity index (χ0) is 9.64. The van der Waals surface area contributed by atoms with E-state index in [1.165, 1.54) is 5.57 Å². The number of hydrogen-bond donors (Lipinski definition) is 0. The zero-order valence-electron chi connectivity index (χ0n) is 8.02. The lowest BCUT2D eigenvalue weighted by atomic mass is 10.1. The molecule has 0 aliphatic heterocycles. The highest BCUT2D eigenvalue weighted by molar-refractivity contribution is 5.19. The Bertz CT molecular complexity index is 341. The summed E-state index contributed by atoms with van der Waals surface area (Å²) in [6.07, 6.45) is 10.3. The van der Waals surface area contributed by atoms with Gasteiger partial charge < -0.3 is 4.74 Å². The van der Waals surface area contributed by atoms with Crippen molar-refractivity contribution in [2.45, 2.75) is 12.8 Å². The van der Waals surface area contributed by atoms with Crippen LogP contribution in [0.3, 0.4) is 0 Å². The highest BCUT2D eigenvalue weighted by atomic mass is 16.5. The molecule has 2 rings (SSSR count). The number of aromatic nitrogens is 1. The molecule has 0 saturated carbocycles. The number of ether oxygens (including phenoxy) is 1. The van der Waals surface area contributed by atoms with Gasteiger partial charge in [0.2, 0.25) is 5.88 Å². The molecule has 0 spiro atoms. The van der Waals surface area contributed by atoms with Crippen LogP contribution in [0.2, 0.25) is 0 Å².